The van der Waals surface area contributed by atoms with Crippen molar-refractivity contribution in [2.75, 3.05) is 20.2 Å². The first-order valence-electron chi connectivity index (χ1n) is 6.86. The number of nitrogens with two attached hydrogens (primary N) is 1. The van der Waals surface area contributed by atoms with Crippen molar-refractivity contribution in [1.29, 1.82) is 0 Å². The molecule has 1 aromatic rings. The average molecular weight is 280 g/mol. The van der Waals surface area contributed by atoms with Crippen LogP contribution in [-0.2, 0) is 4.74 Å². The molecule has 2 rings (SSSR count). The minimum Gasteiger partial charge on any atom is -0.381 e. The lowest BCUT2D eigenvalue weighted by Crippen LogP contribution is -2.51. The number of carbonyl (C=O) groups is 1. The Morgan fingerprint density at radius 2 is 2.30 bits per heavy atom. The first-order chi connectivity index (χ1) is 9.56. The molecule has 4 nitrogen and oxygen atoms in total. The van der Waals surface area contributed by atoms with E-state index in [2.05, 4.69) is 0 Å². The third-order valence-electron chi connectivity index (χ3n) is 3.95. The molecule has 2 atom stereocenters. The van der Waals surface area contributed by atoms with Crippen LogP contribution in [0.4, 0.5) is 4.39 Å². The van der Waals surface area contributed by atoms with E-state index in [0.29, 0.717) is 24.2 Å². The van der Waals surface area contributed by atoms with E-state index in [-0.39, 0.29) is 23.9 Å². The molecule has 0 aromatic heterocycles. The molecular formula is C15H21FN2O2. The number of rotatable bonds is 3. The Kier molecular flexibility index (Phi) is 4.73. The zero-order valence-corrected chi connectivity index (χ0v) is 11.9. The van der Waals surface area contributed by atoms with Crippen molar-refractivity contribution in [1.82, 2.24) is 4.90 Å². The molecule has 5 heteroatoms. The van der Waals surface area contributed by atoms with Gasteiger partial charge in [0.15, 0.2) is 0 Å². The Labute approximate surface area is 118 Å². The Balaban J connectivity index is 2.17. The Morgan fingerprint density at radius 3 is 2.90 bits per heavy atom. The molecule has 1 heterocycles. The van der Waals surface area contributed by atoms with E-state index in [0.717, 1.165) is 12.8 Å². The standard InChI is InChI=1S/C15H21FN2O2/c1-10-3-4-11(7-14(10)16)15(19)18-6-5-13(20-2)8-12(18)9-17/h3-4,7,12-13H,5-6,8-9,17H2,1-2H3. The summed E-state index contributed by atoms with van der Waals surface area (Å²) >= 11 is 0. The molecule has 0 spiro atoms. The number of aryl methyl sites for hydroxylation is 1. The van der Waals surface area contributed by atoms with Crippen LogP contribution >= 0.6 is 0 Å². The Bertz CT molecular complexity index is 493. The molecular weight excluding hydrogens is 259 g/mol. The van der Waals surface area contributed by atoms with Gasteiger partial charge in [-0.2, -0.15) is 0 Å². The van der Waals surface area contributed by atoms with Gasteiger partial charge >= 0.3 is 0 Å². The van der Waals surface area contributed by atoms with Crippen LogP contribution in [0.15, 0.2) is 18.2 Å². The summed E-state index contributed by atoms with van der Waals surface area (Å²) in [6, 6.07) is 4.54. The van der Waals surface area contributed by atoms with Gasteiger partial charge in [0, 0.05) is 31.8 Å². The van der Waals surface area contributed by atoms with E-state index in [4.69, 9.17) is 10.5 Å². The number of hydrogen-bond acceptors (Lipinski definition) is 3. The van der Waals surface area contributed by atoms with Gasteiger partial charge in [0.05, 0.1) is 6.10 Å². The monoisotopic (exact) mass is 280 g/mol. The third-order valence-corrected chi connectivity index (χ3v) is 3.95. The number of ether oxygens (including phenoxy) is 1. The highest BCUT2D eigenvalue weighted by molar-refractivity contribution is 5.94. The van der Waals surface area contributed by atoms with Crippen molar-refractivity contribution >= 4 is 5.91 Å². The maximum Gasteiger partial charge on any atom is 0.254 e. The van der Waals surface area contributed by atoms with E-state index in [1.165, 1.54) is 6.07 Å². The van der Waals surface area contributed by atoms with Gasteiger partial charge < -0.3 is 15.4 Å². The Hall–Kier alpha value is -1.46. The molecule has 110 valence electrons. The maximum absolute atomic E-state index is 13.6. The largest absolute Gasteiger partial charge is 0.381 e. The molecule has 1 saturated heterocycles. The normalized spacial score (nSPS) is 22.9. The number of methoxy groups -OCH3 is 1. The molecule has 2 unspecified atom stereocenters. The number of carbonyl (C=O) groups excluding carboxylic acids is 1. The van der Waals surface area contributed by atoms with Crippen molar-refractivity contribution in [2.24, 2.45) is 5.73 Å². The molecule has 1 aliphatic heterocycles. The molecule has 1 fully saturated rings. The lowest BCUT2D eigenvalue weighted by molar-refractivity contribution is 0.0139. The highest BCUT2D eigenvalue weighted by Crippen LogP contribution is 2.22. The van der Waals surface area contributed by atoms with E-state index in [1.807, 2.05) is 0 Å². The Morgan fingerprint density at radius 1 is 1.55 bits per heavy atom. The van der Waals surface area contributed by atoms with Gasteiger partial charge in [0.2, 0.25) is 0 Å². The fraction of sp³-hybridized carbons (Fsp3) is 0.533. The highest BCUT2D eigenvalue weighted by atomic mass is 19.1. The molecule has 0 radical (unpaired) electrons. The summed E-state index contributed by atoms with van der Waals surface area (Å²) in [5.74, 6) is -0.513. The zero-order chi connectivity index (χ0) is 14.7. The molecule has 0 bridgehead atoms. The molecule has 0 aliphatic carbocycles. The number of hydrogen-bond donors (Lipinski definition) is 1. The molecule has 0 saturated carbocycles. The molecule has 20 heavy (non-hydrogen) atoms. The second-order valence-electron chi connectivity index (χ2n) is 5.23. The smallest absolute Gasteiger partial charge is 0.254 e. The van der Waals surface area contributed by atoms with Crippen LogP contribution in [0, 0.1) is 12.7 Å². The van der Waals surface area contributed by atoms with E-state index >= 15 is 0 Å². The maximum atomic E-state index is 13.6. The summed E-state index contributed by atoms with van der Waals surface area (Å²) in [5, 5.41) is 0. The van der Waals surface area contributed by atoms with Crippen LogP contribution < -0.4 is 5.73 Å². The van der Waals surface area contributed by atoms with Gasteiger partial charge in [-0.05, 0) is 37.5 Å². The highest BCUT2D eigenvalue weighted by Gasteiger charge is 2.31. The lowest BCUT2D eigenvalue weighted by Gasteiger charge is -2.38. The number of piperidine rings is 1. The molecule has 1 amide bonds. The number of likely N-dealkylation sites (tertiary alicyclic amines) is 1. The summed E-state index contributed by atoms with van der Waals surface area (Å²) in [5.41, 5.74) is 6.67. The van der Waals surface area contributed by atoms with Crippen molar-refractivity contribution in [3.63, 3.8) is 0 Å². The van der Waals surface area contributed by atoms with Crippen LogP contribution in [0.1, 0.15) is 28.8 Å². The fourth-order valence-corrected chi connectivity index (χ4v) is 2.61. The first-order valence-corrected chi connectivity index (χ1v) is 6.86. The molecule has 1 aromatic carbocycles. The van der Waals surface area contributed by atoms with Crippen molar-refractivity contribution in [3.8, 4) is 0 Å². The fourth-order valence-electron chi connectivity index (χ4n) is 2.61. The topological polar surface area (TPSA) is 55.6 Å². The van der Waals surface area contributed by atoms with Gasteiger partial charge in [-0.3, -0.25) is 4.79 Å². The average Bonchev–Trinajstić information content (AvgIpc) is 2.48. The molecule has 1 aliphatic rings. The summed E-state index contributed by atoms with van der Waals surface area (Å²) in [6.45, 7) is 2.66. The number of amides is 1. The van der Waals surface area contributed by atoms with Gasteiger partial charge in [0.1, 0.15) is 5.82 Å². The van der Waals surface area contributed by atoms with Crippen LogP contribution in [0.2, 0.25) is 0 Å². The quantitative estimate of drug-likeness (QED) is 0.917. The van der Waals surface area contributed by atoms with Crippen LogP contribution in [0.25, 0.3) is 0 Å². The predicted octanol–water partition coefficient (Wildman–Crippen LogP) is 1.71. The minimum absolute atomic E-state index is 0.0504. The summed E-state index contributed by atoms with van der Waals surface area (Å²) in [7, 11) is 1.67. The first kappa shape index (κ1) is 14.9. The summed E-state index contributed by atoms with van der Waals surface area (Å²) in [4.78, 5) is 14.2. The van der Waals surface area contributed by atoms with Gasteiger partial charge in [-0.1, -0.05) is 6.07 Å². The van der Waals surface area contributed by atoms with Crippen molar-refractivity contribution in [2.45, 2.75) is 31.9 Å². The number of benzene rings is 1. The van der Waals surface area contributed by atoms with Crippen molar-refractivity contribution < 1.29 is 13.9 Å². The SMILES string of the molecule is COC1CCN(C(=O)c2ccc(C)c(F)c2)C(CN)C1. The van der Waals surface area contributed by atoms with Crippen LogP contribution in [-0.4, -0.2) is 43.2 Å². The molecule has 2 N–H and O–H groups in total. The number of halogens is 1. The van der Waals surface area contributed by atoms with E-state index < -0.39 is 0 Å². The zero-order valence-electron chi connectivity index (χ0n) is 11.9. The lowest BCUT2D eigenvalue weighted by atomic mass is 9.98. The van der Waals surface area contributed by atoms with Crippen LogP contribution in [0.5, 0.6) is 0 Å². The van der Waals surface area contributed by atoms with Gasteiger partial charge in [-0.25, -0.2) is 4.39 Å². The summed E-state index contributed by atoms with van der Waals surface area (Å²) < 4.78 is 18.9. The summed E-state index contributed by atoms with van der Waals surface area (Å²) in [6.07, 6.45) is 1.66. The predicted molar refractivity (Wildman–Crippen MR) is 75.0 cm³/mol. The minimum atomic E-state index is -0.355. The van der Waals surface area contributed by atoms with E-state index in [1.54, 1.807) is 31.1 Å². The number of nitrogens with zero attached hydrogens (tertiary/aromatic N) is 1. The second kappa shape index (κ2) is 6.33. The van der Waals surface area contributed by atoms with E-state index in [9.17, 15) is 9.18 Å². The van der Waals surface area contributed by atoms with Crippen molar-refractivity contribution in [3.05, 3.63) is 35.1 Å². The van der Waals surface area contributed by atoms with Gasteiger partial charge in [-0.15, -0.1) is 0 Å². The van der Waals surface area contributed by atoms with Crippen LogP contribution in [0.3, 0.4) is 0 Å². The van der Waals surface area contributed by atoms with Gasteiger partial charge in [0.25, 0.3) is 5.91 Å². The second-order valence-corrected chi connectivity index (χ2v) is 5.23. The third kappa shape index (κ3) is 2.99.